The number of amides is 1. The van der Waals surface area contributed by atoms with E-state index in [1.807, 2.05) is 12.1 Å². The van der Waals surface area contributed by atoms with Crippen LogP contribution in [-0.2, 0) is 4.79 Å². The molecule has 2 rings (SSSR count). The summed E-state index contributed by atoms with van der Waals surface area (Å²) in [7, 11) is 1.53. The summed E-state index contributed by atoms with van der Waals surface area (Å²) >= 11 is 5.97. The molecule has 0 bridgehead atoms. The first-order valence-electron chi connectivity index (χ1n) is 6.39. The molecule has 0 radical (unpaired) electrons. The molecule has 0 spiro atoms. The summed E-state index contributed by atoms with van der Waals surface area (Å²) in [6.07, 6.45) is 0. The second kappa shape index (κ2) is 7.34. The molecule has 0 aliphatic carbocycles. The van der Waals surface area contributed by atoms with Crippen molar-refractivity contribution in [2.24, 2.45) is 0 Å². The van der Waals surface area contributed by atoms with E-state index in [-0.39, 0.29) is 17.5 Å². The van der Waals surface area contributed by atoms with Crippen molar-refractivity contribution in [3.05, 3.63) is 53.1 Å². The van der Waals surface area contributed by atoms with E-state index in [1.165, 1.54) is 13.2 Å². The van der Waals surface area contributed by atoms with Gasteiger partial charge in [0.2, 0.25) is 0 Å². The summed E-state index contributed by atoms with van der Waals surface area (Å²) in [5.74, 6) is 0.563. The molecule has 0 aromatic heterocycles. The number of benzene rings is 2. The molecule has 0 saturated carbocycles. The summed E-state index contributed by atoms with van der Waals surface area (Å²) in [6, 6.07) is 13.6. The fourth-order valence-corrected chi connectivity index (χ4v) is 2.00. The Bertz CT molecular complexity index is 726. The van der Waals surface area contributed by atoms with Gasteiger partial charge in [-0.25, -0.2) is 0 Å². The summed E-state index contributed by atoms with van der Waals surface area (Å²) in [5.41, 5.74) is 0.986. The summed E-state index contributed by atoms with van der Waals surface area (Å²) < 4.78 is 10.5. The number of ether oxygens (including phenoxy) is 2. The Morgan fingerprint density at radius 1 is 1.27 bits per heavy atom. The zero-order valence-corrected chi connectivity index (χ0v) is 12.6. The van der Waals surface area contributed by atoms with E-state index in [4.69, 9.17) is 26.3 Å². The van der Waals surface area contributed by atoms with Gasteiger partial charge >= 0.3 is 0 Å². The van der Waals surface area contributed by atoms with E-state index in [2.05, 4.69) is 5.32 Å². The highest BCUT2D eigenvalue weighted by atomic mass is 35.5. The Kier molecular flexibility index (Phi) is 5.23. The Labute approximate surface area is 133 Å². The molecule has 0 saturated heterocycles. The van der Waals surface area contributed by atoms with Gasteiger partial charge in [0.1, 0.15) is 11.5 Å². The average Bonchev–Trinajstić information content (AvgIpc) is 2.54. The van der Waals surface area contributed by atoms with Crippen molar-refractivity contribution in [3.8, 4) is 17.6 Å². The van der Waals surface area contributed by atoms with Crippen molar-refractivity contribution in [1.29, 1.82) is 5.26 Å². The number of nitrogens with one attached hydrogen (secondary N) is 1. The molecule has 1 amide bonds. The first-order chi connectivity index (χ1) is 10.6. The third-order valence-electron chi connectivity index (χ3n) is 2.80. The van der Waals surface area contributed by atoms with Gasteiger partial charge in [-0.3, -0.25) is 4.79 Å². The number of nitriles is 1. The van der Waals surface area contributed by atoms with E-state index < -0.39 is 0 Å². The number of carbonyl (C=O) groups excluding carboxylic acids is 1. The maximum Gasteiger partial charge on any atom is 0.262 e. The molecule has 0 aliphatic rings. The van der Waals surface area contributed by atoms with Gasteiger partial charge in [0, 0.05) is 0 Å². The number of para-hydroxylation sites is 2. The Hall–Kier alpha value is -2.71. The quantitative estimate of drug-likeness (QED) is 0.919. The molecule has 5 nitrogen and oxygen atoms in total. The topological polar surface area (TPSA) is 71.3 Å². The van der Waals surface area contributed by atoms with Crippen molar-refractivity contribution in [2.75, 3.05) is 19.0 Å². The molecule has 1 N–H and O–H groups in total. The van der Waals surface area contributed by atoms with E-state index in [9.17, 15) is 4.79 Å². The number of anilines is 1. The molecule has 2 aromatic carbocycles. The number of rotatable bonds is 5. The zero-order chi connectivity index (χ0) is 15.9. The Balaban J connectivity index is 1.97. The van der Waals surface area contributed by atoms with E-state index in [1.54, 1.807) is 30.3 Å². The minimum absolute atomic E-state index is 0.205. The first-order valence-corrected chi connectivity index (χ1v) is 6.77. The van der Waals surface area contributed by atoms with Gasteiger partial charge in [-0.15, -0.1) is 0 Å². The summed E-state index contributed by atoms with van der Waals surface area (Å²) in [4.78, 5) is 11.9. The number of hydrogen-bond acceptors (Lipinski definition) is 4. The monoisotopic (exact) mass is 316 g/mol. The first kappa shape index (κ1) is 15.7. The highest BCUT2D eigenvalue weighted by Gasteiger charge is 2.09. The maximum absolute atomic E-state index is 11.9. The molecular formula is C16H13ClN2O3. The van der Waals surface area contributed by atoms with Crippen LogP contribution < -0.4 is 14.8 Å². The molecule has 0 atom stereocenters. The molecule has 112 valence electrons. The van der Waals surface area contributed by atoms with Crippen LogP contribution in [0.5, 0.6) is 11.5 Å². The van der Waals surface area contributed by atoms with Crippen molar-refractivity contribution < 1.29 is 14.3 Å². The largest absolute Gasteiger partial charge is 0.495 e. The third-order valence-corrected chi connectivity index (χ3v) is 3.10. The lowest BCUT2D eigenvalue weighted by Crippen LogP contribution is -2.20. The predicted octanol–water partition coefficient (Wildman–Crippen LogP) is 3.24. The Morgan fingerprint density at radius 2 is 2.05 bits per heavy atom. The highest BCUT2D eigenvalue weighted by molar-refractivity contribution is 6.32. The van der Waals surface area contributed by atoms with E-state index in [0.29, 0.717) is 22.7 Å². The lowest BCUT2D eigenvalue weighted by atomic mass is 10.2. The van der Waals surface area contributed by atoms with Crippen LogP contribution in [0, 0.1) is 11.3 Å². The highest BCUT2D eigenvalue weighted by Crippen LogP contribution is 2.26. The number of nitrogens with zero attached hydrogens (tertiary/aromatic N) is 1. The van der Waals surface area contributed by atoms with E-state index >= 15 is 0 Å². The molecule has 2 aromatic rings. The van der Waals surface area contributed by atoms with Crippen LogP contribution in [-0.4, -0.2) is 19.6 Å². The normalized spacial score (nSPS) is 9.68. The van der Waals surface area contributed by atoms with Gasteiger partial charge in [0.25, 0.3) is 5.91 Å². The van der Waals surface area contributed by atoms with Crippen molar-refractivity contribution >= 4 is 23.2 Å². The average molecular weight is 317 g/mol. The zero-order valence-electron chi connectivity index (χ0n) is 11.8. The smallest absolute Gasteiger partial charge is 0.262 e. The second-order valence-corrected chi connectivity index (χ2v) is 4.70. The van der Waals surface area contributed by atoms with Gasteiger partial charge in [-0.05, 0) is 30.3 Å². The van der Waals surface area contributed by atoms with Crippen LogP contribution in [0.2, 0.25) is 5.02 Å². The molecular weight excluding hydrogens is 304 g/mol. The van der Waals surface area contributed by atoms with Crippen LogP contribution in [0.15, 0.2) is 42.5 Å². The fourth-order valence-electron chi connectivity index (χ4n) is 1.76. The van der Waals surface area contributed by atoms with Gasteiger partial charge in [0.15, 0.2) is 6.61 Å². The molecule has 22 heavy (non-hydrogen) atoms. The van der Waals surface area contributed by atoms with Crippen molar-refractivity contribution in [3.63, 3.8) is 0 Å². The lowest BCUT2D eigenvalue weighted by molar-refractivity contribution is -0.118. The fraction of sp³-hybridized carbons (Fsp3) is 0.125. The van der Waals surface area contributed by atoms with Gasteiger partial charge in [-0.2, -0.15) is 5.26 Å². The number of methoxy groups -OCH3 is 1. The van der Waals surface area contributed by atoms with Gasteiger partial charge in [-0.1, -0.05) is 23.7 Å². The number of halogens is 1. The van der Waals surface area contributed by atoms with Crippen molar-refractivity contribution in [1.82, 2.24) is 0 Å². The minimum atomic E-state index is -0.343. The lowest BCUT2D eigenvalue weighted by Gasteiger charge is -2.11. The minimum Gasteiger partial charge on any atom is -0.495 e. The molecule has 0 aliphatic heterocycles. The Morgan fingerprint density at radius 3 is 2.73 bits per heavy atom. The maximum atomic E-state index is 11.9. The molecule has 0 fully saturated rings. The van der Waals surface area contributed by atoms with Crippen LogP contribution in [0.3, 0.4) is 0 Å². The van der Waals surface area contributed by atoms with Crippen LogP contribution in [0.1, 0.15) is 5.56 Å². The van der Waals surface area contributed by atoms with Crippen LogP contribution in [0.4, 0.5) is 5.69 Å². The van der Waals surface area contributed by atoms with Gasteiger partial charge < -0.3 is 14.8 Å². The third kappa shape index (κ3) is 3.90. The van der Waals surface area contributed by atoms with Crippen LogP contribution in [0.25, 0.3) is 0 Å². The predicted molar refractivity (Wildman–Crippen MR) is 83.3 cm³/mol. The van der Waals surface area contributed by atoms with Gasteiger partial charge in [0.05, 0.1) is 29.5 Å². The van der Waals surface area contributed by atoms with E-state index in [0.717, 1.165) is 0 Å². The molecule has 0 unspecified atom stereocenters. The molecule has 6 heteroatoms. The summed E-state index contributed by atoms with van der Waals surface area (Å²) in [5, 5.41) is 11.7. The second-order valence-electron chi connectivity index (χ2n) is 4.29. The standard InChI is InChI=1S/C16H13ClN2O3/c1-21-15-5-3-2-4-13(15)19-16(20)10-22-14-7-6-11(9-18)8-12(14)17/h2-8H,10H2,1H3,(H,19,20). The van der Waals surface area contributed by atoms with Crippen LogP contribution >= 0.6 is 11.6 Å². The number of carbonyl (C=O) groups is 1. The number of hydrogen-bond donors (Lipinski definition) is 1. The molecule has 0 heterocycles. The SMILES string of the molecule is COc1ccccc1NC(=O)COc1ccc(C#N)cc1Cl. The van der Waals surface area contributed by atoms with Crippen molar-refractivity contribution in [2.45, 2.75) is 0 Å². The summed E-state index contributed by atoms with van der Waals surface area (Å²) in [6.45, 7) is -0.205.